The third-order valence-electron chi connectivity index (χ3n) is 4.27. The van der Waals surface area contributed by atoms with E-state index in [0.29, 0.717) is 18.0 Å². The molecule has 1 aliphatic heterocycles. The van der Waals surface area contributed by atoms with E-state index in [1.165, 1.54) is 25.7 Å². The number of aromatic nitrogens is 2. The molecule has 0 spiro atoms. The molecule has 2 atom stereocenters. The highest BCUT2D eigenvalue weighted by Gasteiger charge is 2.35. The number of fused-ring (bicyclic) bond motifs is 1. The van der Waals surface area contributed by atoms with Crippen molar-refractivity contribution in [2.24, 2.45) is 0 Å². The van der Waals surface area contributed by atoms with Crippen LogP contribution in [-0.4, -0.2) is 35.3 Å². The molecule has 2 unspecified atom stereocenters. The van der Waals surface area contributed by atoms with Crippen LogP contribution in [0.25, 0.3) is 0 Å². The van der Waals surface area contributed by atoms with Gasteiger partial charge in [-0.2, -0.15) is 0 Å². The first-order valence-electron chi connectivity index (χ1n) is 7.16. The van der Waals surface area contributed by atoms with Gasteiger partial charge in [0.2, 0.25) is 0 Å². The van der Waals surface area contributed by atoms with Crippen LogP contribution in [0.3, 0.4) is 0 Å². The van der Waals surface area contributed by atoms with Crippen LogP contribution >= 0.6 is 0 Å². The molecule has 0 bridgehead atoms. The first-order valence-corrected chi connectivity index (χ1v) is 7.16. The highest BCUT2D eigenvalue weighted by atomic mass is 16.5. The molecule has 104 valence electrons. The summed E-state index contributed by atoms with van der Waals surface area (Å²) in [5.41, 5.74) is 6.98. The van der Waals surface area contributed by atoms with Crippen molar-refractivity contribution in [2.75, 3.05) is 23.8 Å². The van der Waals surface area contributed by atoms with Crippen LogP contribution in [0.5, 0.6) is 0 Å². The number of aryl methyl sites for hydroxylation is 1. The molecule has 5 nitrogen and oxygen atoms in total. The Morgan fingerprint density at radius 1 is 1.21 bits per heavy atom. The highest BCUT2D eigenvalue weighted by molar-refractivity contribution is 5.57. The first-order chi connectivity index (χ1) is 9.16. The van der Waals surface area contributed by atoms with Crippen LogP contribution in [0.2, 0.25) is 0 Å². The van der Waals surface area contributed by atoms with Gasteiger partial charge in [0.15, 0.2) is 0 Å². The maximum absolute atomic E-state index is 5.99. The van der Waals surface area contributed by atoms with Crippen molar-refractivity contribution < 1.29 is 4.74 Å². The Balaban J connectivity index is 1.96. The van der Waals surface area contributed by atoms with E-state index in [9.17, 15) is 0 Å². The zero-order valence-electron chi connectivity index (χ0n) is 11.7. The second-order valence-corrected chi connectivity index (χ2v) is 5.56. The lowest BCUT2D eigenvalue weighted by molar-refractivity contribution is -0.00904. The molecule has 1 aliphatic carbocycles. The van der Waals surface area contributed by atoms with Gasteiger partial charge in [-0.25, -0.2) is 9.97 Å². The number of morpholine rings is 1. The summed E-state index contributed by atoms with van der Waals surface area (Å²) < 4.78 is 5.92. The molecule has 0 amide bonds. The maximum atomic E-state index is 5.99. The summed E-state index contributed by atoms with van der Waals surface area (Å²) in [6.45, 7) is 5.59. The van der Waals surface area contributed by atoms with Gasteiger partial charge in [0.1, 0.15) is 17.5 Å². The van der Waals surface area contributed by atoms with E-state index in [-0.39, 0.29) is 0 Å². The molecular weight excluding hydrogens is 240 g/mol. The Morgan fingerprint density at radius 3 is 2.84 bits per heavy atom. The molecule has 1 saturated heterocycles. The molecule has 1 saturated carbocycles. The molecule has 0 radical (unpaired) electrons. The summed E-state index contributed by atoms with van der Waals surface area (Å²) >= 11 is 0. The number of anilines is 2. The SMILES string of the molecule is Cc1nc(N)c(C)c(N2CCOC3CCCCC32)n1. The topological polar surface area (TPSA) is 64.3 Å². The molecule has 3 rings (SSSR count). The van der Waals surface area contributed by atoms with Gasteiger partial charge in [-0.3, -0.25) is 0 Å². The van der Waals surface area contributed by atoms with Crippen molar-refractivity contribution in [3.8, 4) is 0 Å². The molecule has 2 fully saturated rings. The van der Waals surface area contributed by atoms with Crippen molar-refractivity contribution in [2.45, 2.75) is 51.7 Å². The molecule has 19 heavy (non-hydrogen) atoms. The van der Waals surface area contributed by atoms with E-state index in [4.69, 9.17) is 10.5 Å². The number of nitrogens with zero attached hydrogens (tertiary/aromatic N) is 3. The van der Waals surface area contributed by atoms with Crippen LogP contribution in [0.1, 0.15) is 37.1 Å². The standard InChI is InChI=1S/C14H22N4O/c1-9-13(15)16-10(2)17-14(9)18-7-8-19-12-6-4-3-5-11(12)18/h11-12H,3-8H2,1-2H3,(H2,15,16,17). The van der Waals surface area contributed by atoms with E-state index in [0.717, 1.165) is 30.4 Å². The smallest absolute Gasteiger partial charge is 0.137 e. The number of hydrogen-bond acceptors (Lipinski definition) is 5. The van der Waals surface area contributed by atoms with Crippen molar-refractivity contribution in [3.05, 3.63) is 11.4 Å². The van der Waals surface area contributed by atoms with E-state index >= 15 is 0 Å². The normalized spacial score (nSPS) is 27.2. The lowest BCUT2D eigenvalue weighted by Crippen LogP contribution is -2.53. The molecule has 1 aromatic rings. The van der Waals surface area contributed by atoms with Crippen LogP contribution in [0.4, 0.5) is 11.6 Å². The van der Waals surface area contributed by atoms with Gasteiger partial charge in [0, 0.05) is 12.1 Å². The quantitative estimate of drug-likeness (QED) is 0.836. The minimum absolute atomic E-state index is 0.360. The second-order valence-electron chi connectivity index (χ2n) is 5.56. The molecule has 5 heteroatoms. The Kier molecular flexibility index (Phi) is 3.31. The van der Waals surface area contributed by atoms with Crippen LogP contribution in [0, 0.1) is 13.8 Å². The number of ether oxygens (including phenoxy) is 1. The molecule has 2 aliphatic rings. The molecule has 1 aromatic heterocycles. The van der Waals surface area contributed by atoms with Crippen molar-refractivity contribution in [3.63, 3.8) is 0 Å². The fourth-order valence-electron chi connectivity index (χ4n) is 3.27. The lowest BCUT2D eigenvalue weighted by Gasteiger charge is -2.44. The van der Waals surface area contributed by atoms with Gasteiger partial charge in [-0.05, 0) is 26.7 Å². The Morgan fingerprint density at radius 2 is 2.00 bits per heavy atom. The second kappa shape index (κ2) is 4.96. The van der Waals surface area contributed by atoms with Crippen LogP contribution in [-0.2, 0) is 4.74 Å². The van der Waals surface area contributed by atoms with Gasteiger partial charge in [-0.1, -0.05) is 12.8 Å². The summed E-state index contributed by atoms with van der Waals surface area (Å²) in [4.78, 5) is 11.3. The van der Waals surface area contributed by atoms with Gasteiger partial charge in [-0.15, -0.1) is 0 Å². The minimum Gasteiger partial charge on any atom is -0.383 e. The Hall–Kier alpha value is -1.36. The number of nitrogen functional groups attached to an aromatic ring is 1. The number of hydrogen-bond donors (Lipinski definition) is 1. The van der Waals surface area contributed by atoms with Crippen LogP contribution in [0.15, 0.2) is 0 Å². The van der Waals surface area contributed by atoms with Gasteiger partial charge >= 0.3 is 0 Å². The summed E-state index contributed by atoms with van der Waals surface area (Å²) in [5, 5.41) is 0. The van der Waals surface area contributed by atoms with E-state index < -0.39 is 0 Å². The largest absolute Gasteiger partial charge is 0.383 e. The predicted molar refractivity (Wildman–Crippen MR) is 75.3 cm³/mol. The third kappa shape index (κ3) is 2.27. The fraction of sp³-hybridized carbons (Fsp3) is 0.714. The first kappa shape index (κ1) is 12.7. The monoisotopic (exact) mass is 262 g/mol. The minimum atomic E-state index is 0.360. The van der Waals surface area contributed by atoms with Gasteiger partial charge in [0.25, 0.3) is 0 Å². The third-order valence-corrected chi connectivity index (χ3v) is 4.27. The lowest BCUT2D eigenvalue weighted by atomic mass is 9.90. The van der Waals surface area contributed by atoms with Gasteiger partial charge < -0.3 is 15.4 Å². The van der Waals surface area contributed by atoms with Crippen molar-refractivity contribution in [1.29, 1.82) is 0 Å². The predicted octanol–water partition coefficient (Wildman–Crippen LogP) is 1.82. The van der Waals surface area contributed by atoms with E-state index in [1.54, 1.807) is 0 Å². The fourth-order valence-corrected chi connectivity index (χ4v) is 3.27. The van der Waals surface area contributed by atoms with Crippen LogP contribution < -0.4 is 10.6 Å². The number of nitrogens with two attached hydrogens (primary N) is 1. The summed E-state index contributed by atoms with van der Waals surface area (Å²) in [6.07, 6.45) is 5.27. The van der Waals surface area contributed by atoms with Crippen molar-refractivity contribution in [1.82, 2.24) is 9.97 Å². The number of rotatable bonds is 1. The summed E-state index contributed by atoms with van der Waals surface area (Å²) in [6, 6.07) is 0.454. The molecule has 2 heterocycles. The Labute approximate surface area is 114 Å². The summed E-state index contributed by atoms with van der Waals surface area (Å²) in [5.74, 6) is 2.35. The highest BCUT2D eigenvalue weighted by Crippen LogP contribution is 2.33. The zero-order valence-corrected chi connectivity index (χ0v) is 11.7. The van der Waals surface area contributed by atoms with E-state index in [2.05, 4.69) is 14.9 Å². The summed E-state index contributed by atoms with van der Waals surface area (Å²) in [7, 11) is 0. The average molecular weight is 262 g/mol. The molecular formula is C14H22N4O. The maximum Gasteiger partial charge on any atom is 0.137 e. The van der Waals surface area contributed by atoms with Crippen molar-refractivity contribution >= 4 is 11.6 Å². The average Bonchev–Trinajstić information content (AvgIpc) is 2.42. The molecule has 0 aromatic carbocycles. The Bertz CT molecular complexity index is 475. The zero-order chi connectivity index (χ0) is 13.4. The van der Waals surface area contributed by atoms with Gasteiger partial charge in [0.05, 0.1) is 18.8 Å². The van der Waals surface area contributed by atoms with E-state index in [1.807, 2.05) is 13.8 Å². The molecule has 2 N–H and O–H groups in total.